The van der Waals surface area contributed by atoms with Gasteiger partial charge in [0, 0.05) is 0 Å². The van der Waals surface area contributed by atoms with Gasteiger partial charge in [0.2, 0.25) is 10.0 Å². The largest absolute Gasteiger partial charge is 0.460 e. The van der Waals surface area contributed by atoms with E-state index in [1.54, 1.807) is 42.5 Å². The highest BCUT2D eigenvalue weighted by atomic mass is 32.2. The molecule has 0 aromatic heterocycles. The second-order valence-corrected chi connectivity index (χ2v) is 6.97. The first-order chi connectivity index (χ1) is 11.9. The minimum absolute atomic E-state index is 0.0289. The molecule has 0 aliphatic rings. The molecule has 0 aliphatic carbocycles. The van der Waals surface area contributed by atoms with Crippen molar-refractivity contribution in [3.63, 3.8) is 0 Å². The first-order valence-corrected chi connectivity index (χ1v) is 8.81. The molecular weight excluding hydrogens is 342 g/mol. The van der Waals surface area contributed by atoms with Gasteiger partial charge in [0.05, 0.1) is 12.0 Å². The van der Waals surface area contributed by atoms with Crippen LogP contribution >= 0.6 is 0 Å². The average molecular weight is 359 g/mol. The van der Waals surface area contributed by atoms with Gasteiger partial charge in [-0.05, 0) is 24.6 Å². The van der Waals surface area contributed by atoms with E-state index in [2.05, 4.69) is 14.2 Å². The molecule has 0 aliphatic heterocycles. The Morgan fingerprint density at radius 1 is 1.12 bits per heavy atom. The summed E-state index contributed by atoms with van der Waals surface area (Å²) >= 11 is 0. The Kier molecular flexibility index (Phi) is 5.82. The van der Waals surface area contributed by atoms with Crippen molar-refractivity contribution in [2.75, 3.05) is 7.11 Å². The van der Waals surface area contributed by atoms with Gasteiger partial charge in [-0.3, -0.25) is 0 Å². The summed E-state index contributed by atoms with van der Waals surface area (Å²) in [6, 6.07) is 13.3. The molecule has 0 heterocycles. The summed E-state index contributed by atoms with van der Waals surface area (Å²) in [5.74, 6) is -0.942. The average Bonchev–Trinajstić information content (AvgIpc) is 2.62. The third kappa shape index (κ3) is 4.39. The Balaban J connectivity index is 2.48. The highest BCUT2D eigenvalue weighted by molar-refractivity contribution is 7.89. The van der Waals surface area contributed by atoms with Gasteiger partial charge in [-0.2, -0.15) is 9.51 Å². The van der Waals surface area contributed by atoms with E-state index < -0.39 is 27.7 Å². The van der Waals surface area contributed by atoms with E-state index in [0.29, 0.717) is 5.56 Å². The Morgan fingerprint density at radius 2 is 1.72 bits per heavy atom. The van der Waals surface area contributed by atoms with Crippen molar-refractivity contribution in [2.45, 2.75) is 17.9 Å². The zero-order chi connectivity index (χ0) is 18.4. The molecule has 130 valence electrons. The van der Waals surface area contributed by atoms with Crippen LogP contribution in [0.5, 0.6) is 0 Å². The molecule has 1 atom stereocenters. The van der Waals surface area contributed by atoms with E-state index in [-0.39, 0.29) is 4.90 Å². The van der Waals surface area contributed by atoms with Crippen molar-refractivity contribution in [3.8, 4) is 0 Å². The predicted octanol–water partition coefficient (Wildman–Crippen LogP) is 1.86. The van der Waals surface area contributed by atoms with Gasteiger partial charge in [0.25, 0.3) is 0 Å². The van der Waals surface area contributed by atoms with Crippen LogP contribution in [0.4, 0.5) is 0 Å². The number of sulfonamides is 1. The van der Waals surface area contributed by atoms with Gasteiger partial charge in [0.15, 0.2) is 6.04 Å². The first-order valence-electron chi connectivity index (χ1n) is 7.33. The Morgan fingerprint density at radius 3 is 2.24 bits per heavy atom. The highest BCUT2D eigenvalue weighted by Gasteiger charge is 2.37. The number of methoxy groups -OCH3 is 1. The summed E-state index contributed by atoms with van der Waals surface area (Å²) in [6.07, 6.45) is 0. The summed E-state index contributed by atoms with van der Waals surface area (Å²) in [5.41, 5.74) is 10.1. The van der Waals surface area contributed by atoms with Crippen molar-refractivity contribution in [2.24, 2.45) is 0 Å². The molecule has 1 unspecified atom stereocenters. The number of nitrogens with zero attached hydrogens (tertiary/aromatic N) is 2. The molecule has 0 saturated carbocycles. The second kappa shape index (κ2) is 7.85. The lowest BCUT2D eigenvalue weighted by Gasteiger charge is -2.15. The fraction of sp³-hybridized carbons (Fsp3) is 0.176. The number of benzene rings is 2. The van der Waals surface area contributed by atoms with Crippen LogP contribution in [0, 0.1) is 6.92 Å². The molecule has 0 amide bonds. The van der Waals surface area contributed by atoms with Gasteiger partial charge >= 0.3 is 11.7 Å². The smallest absolute Gasteiger partial charge is 0.418 e. The summed E-state index contributed by atoms with van der Waals surface area (Å²) in [7, 11) is -2.86. The van der Waals surface area contributed by atoms with Gasteiger partial charge in [-0.25, -0.2) is 13.2 Å². The Labute approximate surface area is 145 Å². The van der Waals surface area contributed by atoms with Gasteiger partial charge < -0.3 is 10.3 Å². The fourth-order valence-electron chi connectivity index (χ4n) is 2.19. The summed E-state index contributed by atoms with van der Waals surface area (Å²) in [4.78, 5) is 14.8. The van der Waals surface area contributed by atoms with Crippen LogP contribution in [-0.4, -0.2) is 32.0 Å². The molecule has 0 spiro atoms. The normalized spacial score (nSPS) is 12.1. The molecular formula is C17H17N3O4S. The van der Waals surface area contributed by atoms with E-state index in [1.165, 1.54) is 12.1 Å². The van der Waals surface area contributed by atoms with E-state index in [1.807, 2.05) is 6.92 Å². The molecule has 0 bridgehead atoms. The molecule has 2 rings (SSSR count). The zero-order valence-electron chi connectivity index (χ0n) is 13.7. The van der Waals surface area contributed by atoms with Crippen LogP contribution in [0.15, 0.2) is 59.5 Å². The molecule has 0 fully saturated rings. The maximum Gasteiger partial charge on any atom is 0.418 e. The highest BCUT2D eigenvalue weighted by Crippen LogP contribution is 2.19. The third-order valence-corrected chi connectivity index (χ3v) is 4.95. The van der Waals surface area contributed by atoms with Crippen LogP contribution in [0.2, 0.25) is 0 Å². The topological polar surface area (TPSA) is 109 Å². The maximum absolute atomic E-state index is 12.7. The van der Waals surface area contributed by atoms with Crippen LogP contribution < -0.4 is 4.72 Å². The number of rotatable bonds is 6. The van der Waals surface area contributed by atoms with Crippen molar-refractivity contribution in [1.29, 1.82) is 0 Å². The molecule has 1 N–H and O–H groups in total. The SMILES string of the molecule is COC(=O)C(=[N+]=[N-])C(NS(=O)(=O)c1ccc(C)cc1)c1ccccc1. The molecule has 0 saturated heterocycles. The van der Waals surface area contributed by atoms with Crippen molar-refractivity contribution in [3.05, 3.63) is 71.3 Å². The lowest BCUT2D eigenvalue weighted by molar-refractivity contribution is -0.138. The molecule has 2 aromatic rings. The third-order valence-electron chi connectivity index (χ3n) is 3.51. The van der Waals surface area contributed by atoms with Gasteiger partial charge in [0.1, 0.15) is 0 Å². The van der Waals surface area contributed by atoms with Crippen molar-refractivity contribution >= 4 is 21.7 Å². The number of ether oxygens (including phenoxy) is 1. The maximum atomic E-state index is 12.7. The lowest BCUT2D eigenvalue weighted by atomic mass is 10.0. The summed E-state index contributed by atoms with van der Waals surface area (Å²) in [6.45, 7) is 1.84. The van der Waals surface area contributed by atoms with Crippen LogP contribution in [0.25, 0.3) is 5.53 Å². The first kappa shape index (κ1) is 18.5. The van der Waals surface area contributed by atoms with E-state index >= 15 is 0 Å². The molecule has 2 aromatic carbocycles. The van der Waals surface area contributed by atoms with E-state index in [4.69, 9.17) is 0 Å². The number of carbonyl (C=O) groups excluding carboxylic acids is 1. The number of esters is 1. The number of hydrogen-bond acceptors (Lipinski definition) is 4. The molecule has 7 nitrogen and oxygen atoms in total. The quantitative estimate of drug-likeness (QED) is 0.367. The molecule has 25 heavy (non-hydrogen) atoms. The Hall–Kier alpha value is -2.80. The van der Waals surface area contributed by atoms with Crippen LogP contribution in [0.1, 0.15) is 17.2 Å². The van der Waals surface area contributed by atoms with Crippen molar-refractivity contribution in [1.82, 2.24) is 4.72 Å². The van der Waals surface area contributed by atoms with Gasteiger partial charge in [-0.15, -0.1) is 0 Å². The fourth-order valence-corrected chi connectivity index (χ4v) is 3.38. The monoisotopic (exact) mass is 359 g/mol. The number of hydrogen-bond donors (Lipinski definition) is 1. The van der Waals surface area contributed by atoms with Crippen LogP contribution in [-0.2, 0) is 19.6 Å². The summed E-state index contributed by atoms with van der Waals surface area (Å²) < 4.78 is 32.3. The standard InChI is InChI=1S/C17H17N3O4S/c1-12-8-10-14(11-9-12)25(22,23)20-15(13-6-4-3-5-7-13)16(19-18)17(21)24-2/h3-11,15,20H,1-2H3. The van der Waals surface area contributed by atoms with Crippen LogP contribution in [0.3, 0.4) is 0 Å². The minimum Gasteiger partial charge on any atom is -0.460 e. The Bertz CT molecular complexity index is 903. The second-order valence-electron chi connectivity index (χ2n) is 5.25. The zero-order valence-corrected chi connectivity index (χ0v) is 14.5. The molecule has 8 heteroatoms. The number of carbonyl (C=O) groups is 1. The van der Waals surface area contributed by atoms with E-state index in [0.717, 1.165) is 12.7 Å². The lowest BCUT2D eigenvalue weighted by Crippen LogP contribution is -2.38. The summed E-state index contributed by atoms with van der Waals surface area (Å²) in [5, 5.41) is 0. The predicted molar refractivity (Wildman–Crippen MR) is 91.3 cm³/mol. The number of nitrogens with one attached hydrogen (secondary N) is 1. The van der Waals surface area contributed by atoms with Gasteiger partial charge in [-0.1, -0.05) is 48.0 Å². The van der Waals surface area contributed by atoms with Crippen molar-refractivity contribution < 1.29 is 22.7 Å². The van der Waals surface area contributed by atoms with E-state index in [9.17, 15) is 18.7 Å². The number of aryl methyl sites for hydroxylation is 1. The molecule has 0 radical (unpaired) electrons. The minimum atomic E-state index is -3.97.